The minimum absolute atomic E-state index is 0.0955. The van der Waals surface area contributed by atoms with Gasteiger partial charge in [0.05, 0.1) is 44.0 Å². The molecule has 3 aromatic rings. The number of aliphatic hydroxyl groups excluding tert-OH is 1. The minimum Gasteiger partial charge on any atom is -0.496 e. The Morgan fingerprint density at radius 2 is 1.70 bits per heavy atom. The van der Waals surface area contributed by atoms with Gasteiger partial charge in [0.1, 0.15) is 5.75 Å². The van der Waals surface area contributed by atoms with E-state index >= 15 is 0 Å². The van der Waals surface area contributed by atoms with Crippen molar-refractivity contribution in [2.45, 2.75) is 39.1 Å². The maximum absolute atomic E-state index is 12.8. The second-order valence-electron chi connectivity index (χ2n) is 6.51. The third-order valence-electron chi connectivity index (χ3n) is 4.53. The average Bonchev–Trinajstić information content (AvgIpc) is 2.95. The van der Waals surface area contributed by atoms with Gasteiger partial charge in [-0.3, -0.25) is 9.13 Å². The van der Waals surface area contributed by atoms with E-state index < -0.39 is 6.10 Å². The van der Waals surface area contributed by atoms with E-state index in [0.717, 1.165) is 28.8 Å². The van der Waals surface area contributed by atoms with Crippen molar-refractivity contribution in [2.75, 3.05) is 13.7 Å². The fourth-order valence-corrected chi connectivity index (χ4v) is 3.28. The van der Waals surface area contributed by atoms with Crippen LogP contribution in [0.1, 0.15) is 18.9 Å². The van der Waals surface area contributed by atoms with Crippen LogP contribution in [-0.2, 0) is 24.4 Å². The van der Waals surface area contributed by atoms with E-state index in [1.165, 1.54) is 0 Å². The van der Waals surface area contributed by atoms with Gasteiger partial charge in [-0.15, -0.1) is 0 Å². The molecule has 0 saturated carbocycles. The molecule has 3 rings (SSSR count). The van der Waals surface area contributed by atoms with Crippen LogP contribution in [0, 0.1) is 0 Å². The number of benzene rings is 2. The molecule has 0 aliphatic carbocycles. The molecule has 0 aliphatic rings. The second kappa shape index (κ2) is 8.88. The van der Waals surface area contributed by atoms with Gasteiger partial charge in [-0.1, -0.05) is 37.3 Å². The normalized spacial score (nSPS) is 12.4. The fourth-order valence-electron chi connectivity index (χ4n) is 3.28. The zero-order valence-corrected chi connectivity index (χ0v) is 15.8. The van der Waals surface area contributed by atoms with Crippen molar-refractivity contribution in [1.82, 2.24) is 9.13 Å². The third-order valence-corrected chi connectivity index (χ3v) is 4.53. The van der Waals surface area contributed by atoms with Gasteiger partial charge in [0.15, 0.2) is 0 Å². The van der Waals surface area contributed by atoms with E-state index in [2.05, 4.69) is 0 Å². The Hall–Kier alpha value is -2.57. The van der Waals surface area contributed by atoms with Crippen molar-refractivity contribution in [1.29, 1.82) is 0 Å². The first kappa shape index (κ1) is 19.2. The van der Waals surface area contributed by atoms with Crippen LogP contribution in [0.15, 0.2) is 53.3 Å². The molecule has 1 atom stereocenters. The molecule has 1 heterocycles. The van der Waals surface area contributed by atoms with Gasteiger partial charge in [-0.2, -0.15) is 0 Å². The first-order chi connectivity index (χ1) is 13.2. The Morgan fingerprint density at radius 3 is 2.41 bits per heavy atom. The van der Waals surface area contributed by atoms with Crippen LogP contribution >= 0.6 is 0 Å². The van der Waals surface area contributed by atoms with E-state index in [1.807, 2.05) is 55.5 Å². The van der Waals surface area contributed by atoms with E-state index in [0.29, 0.717) is 13.2 Å². The van der Waals surface area contributed by atoms with Crippen LogP contribution in [0.4, 0.5) is 0 Å². The molecule has 0 spiro atoms. The number of imidazole rings is 1. The van der Waals surface area contributed by atoms with Crippen LogP contribution in [0.25, 0.3) is 11.0 Å². The Labute approximate surface area is 158 Å². The number of aromatic nitrogens is 2. The molecule has 0 amide bonds. The highest BCUT2D eigenvalue weighted by Gasteiger charge is 2.15. The van der Waals surface area contributed by atoms with E-state index in [4.69, 9.17) is 9.47 Å². The van der Waals surface area contributed by atoms with Crippen LogP contribution in [0.3, 0.4) is 0 Å². The molecule has 1 unspecified atom stereocenters. The first-order valence-electron chi connectivity index (χ1n) is 9.21. The molecule has 27 heavy (non-hydrogen) atoms. The quantitative estimate of drug-likeness (QED) is 0.629. The number of aliphatic hydroxyl groups is 1. The zero-order valence-electron chi connectivity index (χ0n) is 15.8. The standard InChI is InChI=1S/C21H26N2O4/c1-3-12-22-18-9-5-6-10-19(18)23(21(22)25)13-17(24)15-27-14-16-8-4-7-11-20(16)26-2/h4-11,17,24H,3,12-15H2,1-2H3. The van der Waals surface area contributed by atoms with Gasteiger partial charge < -0.3 is 14.6 Å². The van der Waals surface area contributed by atoms with Gasteiger partial charge in [0.25, 0.3) is 0 Å². The number of para-hydroxylation sites is 3. The number of aryl methyl sites for hydroxylation is 1. The lowest BCUT2D eigenvalue weighted by Crippen LogP contribution is -2.30. The van der Waals surface area contributed by atoms with Crippen LogP contribution < -0.4 is 10.4 Å². The molecule has 144 valence electrons. The first-order valence-corrected chi connectivity index (χ1v) is 9.21. The largest absolute Gasteiger partial charge is 0.496 e. The van der Waals surface area contributed by atoms with Crippen molar-refractivity contribution in [3.8, 4) is 5.75 Å². The third kappa shape index (κ3) is 4.23. The Kier molecular flexibility index (Phi) is 6.32. The van der Waals surface area contributed by atoms with Gasteiger partial charge in [-0.05, 0) is 24.6 Å². The molecular formula is C21H26N2O4. The summed E-state index contributed by atoms with van der Waals surface area (Å²) in [6, 6.07) is 15.3. The predicted molar refractivity (Wildman–Crippen MR) is 105 cm³/mol. The fraction of sp³-hybridized carbons (Fsp3) is 0.381. The summed E-state index contributed by atoms with van der Waals surface area (Å²) in [5.41, 5.74) is 2.55. The van der Waals surface area contributed by atoms with E-state index in [-0.39, 0.29) is 18.8 Å². The van der Waals surface area contributed by atoms with E-state index in [9.17, 15) is 9.90 Å². The van der Waals surface area contributed by atoms with E-state index in [1.54, 1.807) is 16.2 Å². The molecule has 0 radical (unpaired) electrons. The van der Waals surface area contributed by atoms with Crippen molar-refractivity contribution < 1.29 is 14.6 Å². The monoisotopic (exact) mass is 370 g/mol. The molecule has 6 heteroatoms. The average molecular weight is 370 g/mol. The summed E-state index contributed by atoms with van der Waals surface area (Å²) in [6.07, 6.45) is 0.0941. The van der Waals surface area contributed by atoms with Gasteiger partial charge in [-0.25, -0.2) is 4.79 Å². The summed E-state index contributed by atoms with van der Waals surface area (Å²) in [7, 11) is 1.62. The summed E-state index contributed by atoms with van der Waals surface area (Å²) in [5, 5.41) is 10.4. The SMILES string of the molecule is CCCn1c(=O)n(CC(O)COCc2ccccc2OC)c2ccccc21. The summed E-state index contributed by atoms with van der Waals surface area (Å²) in [5.74, 6) is 0.755. The maximum atomic E-state index is 12.8. The topological polar surface area (TPSA) is 65.6 Å². The highest BCUT2D eigenvalue weighted by Crippen LogP contribution is 2.18. The highest BCUT2D eigenvalue weighted by molar-refractivity contribution is 5.76. The zero-order chi connectivity index (χ0) is 19.2. The lowest BCUT2D eigenvalue weighted by Gasteiger charge is -2.13. The summed E-state index contributed by atoms with van der Waals surface area (Å²) >= 11 is 0. The molecule has 0 aliphatic heterocycles. The number of rotatable bonds is 9. The number of nitrogens with zero attached hydrogens (tertiary/aromatic N) is 2. The predicted octanol–water partition coefficient (Wildman–Crippen LogP) is 2.80. The number of fused-ring (bicyclic) bond motifs is 1. The number of methoxy groups -OCH3 is 1. The van der Waals surface area contributed by atoms with Crippen molar-refractivity contribution >= 4 is 11.0 Å². The van der Waals surface area contributed by atoms with Gasteiger partial charge in [0, 0.05) is 12.1 Å². The number of hydrogen-bond acceptors (Lipinski definition) is 4. The molecule has 0 saturated heterocycles. The lowest BCUT2D eigenvalue weighted by molar-refractivity contribution is 0.0198. The smallest absolute Gasteiger partial charge is 0.329 e. The van der Waals surface area contributed by atoms with Crippen LogP contribution in [-0.4, -0.2) is 34.1 Å². The van der Waals surface area contributed by atoms with Crippen molar-refractivity contribution in [3.05, 3.63) is 64.6 Å². The van der Waals surface area contributed by atoms with Crippen LogP contribution in [0.2, 0.25) is 0 Å². The van der Waals surface area contributed by atoms with Gasteiger partial charge >= 0.3 is 5.69 Å². The molecule has 0 fully saturated rings. The van der Waals surface area contributed by atoms with Gasteiger partial charge in [0.2, 0.25) is 0 Å². The lowest BCUT2D eigenvalue weighted by atomic mass is 10.2. The Balaban J connectivity index is 1.68. The Morgan fingerprint density at radius 1 is 1.04 bits per heavy atom. The van der Waals surface area contributed by atoms with Crippen molar-refractivity contribution in [3.63, 3.8) is 0 Å². The molecule has 1 aromatic heterocycles. The molecule has 1 N–H and O–H groups in total. The Bertz CT molecular complexity index is 945. The summed E-state index contributed by atoms with van der Waals surface area (Å²) in [4.78, 5) is 12.8. The molecular weight excluding hydrogens is 344 g/mol. The minimum atomic E-state index is -0.779. The number of hydrogen-bond donors (Lipinski definition) is 1. The summed E-state index contributed by atoms with van der Waals surface area (Å²) in [6.45, 7) is 3.37. The molecule has 2 aromatic carbocycles. The second-order valence-corrected chi connectivity index (χ2v) is 6.51. The maximum Gasteiger partial charge on any atom is 0.329 e. The highest BCUT2D eigenvalue weighted by atomic mass is 16.5. The summed E-state index contributed by atoms with van der Waals surface area (Å²) < 4.78 is 14.3. The number of ether oxygens (including phenoxy) is 2. The van der Waals surface area contributed by atoms with Crippen molar-refractivity contribution in [2.24, 2.45) is 0 Å². The molecule has 0 bridgehead atoms. The molecule has 6 nitrogen and oxygen atoms in total. The van der Waals surface area contributed by atoms with Crippen LogP contribution in [0.5, 0.6) is 5.75 Å².